The highest BCUT2D eigenvalue weighted by atomic mass is 16.5. The molecule has 2 aromatic carbocycles. The van der Waals surface area contributed by atoms with Crippen molar-refractivity contribution >= 4 is 34.3 Å². The van der Waals surface area contributed by atoms with Crippen LogP contribution in [0.25, 0.3) is 22.6 Å². The van der Waals surface area contributed by atoms with Crippen LogP contribution in [0.2, 0.25) is 0 Å². The van der Waals surface area contributed by atoms with Gasteiger partial charge in [-0.3, -0.25) is 0 Å². The van der Waals surface area contributed by atoms with Gasteiger partial charge in [0.1, 0.15) is 11.6 Å². The van der Waals surface area contributed by atoms with E-state index >= 15 is 0 Å². The molecule has 0 N–H and O–H groups in total. The molecule has 0 unspecified atom stereocenters. The SMILES string of the molecule is O=C1Oc2ccccc2/C1=C/c1cc2ccccc2nc1N1CCCCC1. The van der Waals surface area contributed by atoms with Crippen LogP contribution in [0.1, 0.15) is 30.4 Å². The second kappa shape index (κ2) is 6.54. The summed E-state index contributed by atoms with van der Waals surface area (Å²) in [5.41, 5.74) is 3.40. The maximum absolute atomic E-state index is 12.5. The number of ether oxygens (including phenoxy) is 1. The second-order valence-corrected chi connectivity index (χ2v) is 7.09. The minimum atomic E-state index is -0.297. The van der Waals surface area contributed by atoms with Crippen LogP contribution in [0.5, 0.6) is 5.75 Å². The summed E-state index contributed by atoms with van der Waals surface area (Å²) in [5.74, 6) is 1.29. The number of carbonyl (C=O) groups excluding carboxylic acids is 1. The van der Waals surface area contributed by atoms with Gasteiger partial charge in [-0.05, 0) is 43.5 Å². The highest BCUT2D eigenvalue weighted by molar-refractivity contribution is 6.26. The molecule has 0 atom stereocenters. The molecule has 4 heteroatoms. The minimum Gasteiger partial charge on any atom is -0.422 e. The largest absolute Gasteiger partial charge is 0.422 e. The van der Waals surface area contributed by atoms with E-state index in [4.69, 9.17) is 9.72 Å². The Hall–Kier alpha value is -3.14. The summed E-state index contributed by atoms with van der Waals surface area (Å²) in [6.07, 6.45) is 5.56. The summed E-state index contributed by atoms with van der Waals surface area (Å²) in [6, 6.07) is 17.8. The van der Waals surface area contributed by atoms with Gasteiger partial charge >= 0.3 is 5.97 Å². The number of nitrogens with zero attached hydrogens (tertiary/aromatic N) is 2. The Balaban J connectivity index is 1.68. The number of hydrogen-bond donors (Lipinski definition) is 0. The van der Waals surface area contributed by atoms with E-state index in [-0.39, 0.29) is 5.97 Å². The summed E-state index contributed by atoms with van der Waals surface area (Å²) in [6.45, 7) is 2.01. The first-order valence-electron chi connectivity index (χ1n) is 9.48. The van der Waals surface area contributed by atoms with Crippen molar-refractivity contribution in [1.82, 2.24) is 4.98 Å². The van der Waals surface area contributed by atoms with Crippen LogP contribution in [-0.2, 0) is 4.79 Å². The van der Waals surface area contributed by atoms with Gasteiger partial charge in [0.2, 0.25) is 0 Å². The smallest absolute Gasteiger partial charge is 0.344 e. The lowest BCUT2D eigenvalue weighted by Gasteiger charge is -2.29. The lowest BCUT2D eigenvalue weighted by Crippen LogP contribution is -2.30. The molecule has 5 rings (SSSR count). The fourth-order valence-corrected chi connectivity index (χ4v) is 3.92. The fourth-order valence-electron chi connectivity index (χ4n) is 3.92. The van der Waals surface area contributed by atoms with E-state index in [0.29, 0.717) is 11.3 Å². The van der Waals surface area contributed by atoms with E-state index in [0.717, 1.165) is 40.9 Å². The van der Waals surface area contributed by atoms with Gasteiger partial charge in [-0.2, -0.15) is 0 Å². The molecular weight excluding hydrogens is 336 g/mol. The molecule has 4 nitrogen and oxygen atoms in total. The Morgan fingerprint density at radius 2 is 1.74 bits per heavy atom. The standard InChI is InChI=1S/C23H20N2O2/c26-23-19(18-9-3-5-11-21(18)27-23)15-17-14-16-8-2-4-10-20(16)24-22(17)25-12-6-1-7-13-25/h2-5,8-11,14-15H,1,6-7,12-13H2/b19-15-. The number of hydrogen-bond acceptors (Lipinski definition) is 4. The normalized spacial score (nSPS) is 18.0. The zero-order valence-electron chi connectivity index (χ0n) is 15.0. The topological polar surface area (TPSA) is 42.4 Å². The molecule has 2 aliphatic heterocycles. The van der Waals surface area contributed by atoms with Crippen molar-refractivity contribution < 1.29 is 9.53 Å². The molecule has 1 aromatic heterocycles. The van der Waals surface area contributed by atoms with Crippen LogP contribution in [-0.4, -0.2) is 24.0 Å². The van der Waals surface area contributed by atoms with Crippen LogP contribution < -0.4 is 9.64 Å². The van der Waals surface area contributed by atoms with Gasteiger partial charge in [-0.25, -0.2) is 9.78 Å². The zero-order valence-corrected chi connectivity index (χ0v) is 15.0. The summed E-state index contributed by atoms with van der Waals surface area (Å²) < 4.78 is 5.42. The Morgan fingerprint density at radius 1 is 0.963 bits per heavy atom. The number of benzene rings is 2. The number of esters is 1. The third-order valence-corrected chi connectivity index (χ3v) is 5.29. The molecule has 2 aliphatic rings. The van der Waals surface area contributed by atoms with Crippen LogP contribution in [0.15, 0.2) is 54.6 Å². The van der Waals surface area contributed by atoms with Gasteiger partial charge in [0.15, 0.2) is 0 Å². The molecule has 0 amide bonds. The summed E-state index contributed by atoms with van der Waals surface area (Å²) in [7, 11) is 0. The third kappa shape index (κ3) is 2.87. The molecule has 1 saturated heterocycles. The van der Waals surface area contributed by atoms with Gasteiger partial charge < -0.3 is 9.64 Å². The maximum atomic E-state index is 12.5. The third-order valence-electron chi connectivity index (χ3n) is 5.29. The van der Waals surface area contributed by atoms with Crippen molar-refractivity contribution in [2.24, 2.45) is 0 Å². The summed E-state index contributed by atoms with van der Waals surface area (Å²) in [5, 5.41) is 1.07. The zero-order chi connectivity index (χ0) is 18.2. The first-order chi connectivity index (χ1) is 13.3. The number of carbonyl (C=O) groups is 1. The van der Waals surface area contributed by atoms with Gasteiger partial charge in [-0.1, -0.05) is 36.4 Å². The number of aromatic nitrogens is 1. The number of anilines is 1. The Morgan fingerprint density at radius 3 is 2.63 bits per heavy atom. The molecule has 0 spiro atoms. The van der Waals surface area contributed by atoms with E-state index < -0.39 is 0 Å². The van der Waals surface area contributed by atoms with Crippen molar-refractivity contribution in [3.05, 3.63) is 65.7 Å². The van der Waals surface area contributed by atoms with Crippen molar-refractivity contribution in [3.8, 4) is 5.75 Å². The molecule has 1 fully saturated rings. The van der Waals surface area contributed by atoms with Crippen LogP contribution in [0.3, 0.4) is 0 Å². The van der Waals surface area contributed by atoms with Crippen LogP contribution >= 0.6 is 0 Å². The number of pyridine rings is 1. The predicted octanol–water partition coefficient (Wildman–Crippen LogP) is 4.68. The van der Waals surface area contributed by atoms with Gasteiger partial charge in [0, 0.05) is 29.6 Å². The lowest BCUT2D eigenvalue weighted by molar-refractivity contribution is -0.126. The molecule has 27 heavy (non-hydrogen) atoms. The fraction of sp³-hybridized carbons (Fsp3) is 0.217. The van der Waals surface area contributed by atoms with Crippen molar-refractivity contribution in [2.75, 3.05) is 18.0 Å². The maximum Gasteiger partial charge on any atom is 0.344 e. The van der Waals surface area contributed by atoms with Crippen molar-refractivity contribution in [3.63, 3.8) is 0 Å². The average molecular weight is 356 g/mol. The average Bonchev–Trinajstić information content (AvgIpc) is 3.03. The molecule has 134 valence electrons. The molecule has 0 bridgehead atoms. The van der Waals surface area contributed by atoms with E-state index in [1.165, 1.54) is 19.3 Å². The molecule has 3 heterocycles. The predicted molar refractivity (Wildman–Crippen MR) is 108 cm³/mol. The Bertz CT molecular complexity index is 1060. The first kappa shape index (κ1) is 16.1. The van der Waals surface area contributed by atoms with Gasteiger partial charge in [0.05, 0.1) is 11.1 Å². The molecule has 0 aliphatic carbocycles. The van der Waals surface area contributed by atoms with E-state index in [1.807, 2.05) is 48.5 Å². The molecule has 3 aromatic rings. The van der Waals surface area contributed by atoms with E-state index in [2.05, 4.69) is 17.0 Å². The quantitative estimate of drug-likeness (QED) is 0.380. The summed E-state index contributed by atoms with van der Waals surface area (Å²) in [4.78, 5) is 19.8. The molecule has 0 saturated carbocycles. The Kier molecular flexibility index (Phi) is 3.89. The molecular formula is C23H20N2O2. The van der Waals surface area contributed by atoms with Crippen molar-refractivity contribution in [2.45, 2.75) is 19.3 Å². The molecule has 0 radical (unpaired) electrons. The first-order valence-corrected chi connectivity index (χ1v) is 9.48. The van der Waals surface area contributed by atoms with Gasteiger partial charge in [-0.15, -0.1) is 0 Å². The number of fused-ring (bicyclic) bond motifs is 2. The number of rotatable bonds is 2. The second-order valence-electron chi connectivity index (χ2n) is 7.09. The van der Waals surface area contributed by atoms with Crippen LogP contribution in [0, 0.1) is 0 Å². The Labute approximate surface area is 158 Å². The van der Waals surface area contributed by atoms with Crippen molar-refractivity contribution in [1.29, 1.82) is 0 Å². The van der Waals surface area contributed by atoms with E-state index in [9.17, 15) is 4.79 Å². The monoisotopic (exact) mass is 356 g/mol. The lowest BCUT2D eigenvalue weighted by atomic mass is 10.0. The van der Waals surface area contributed by atoms with Gasteiger partial charge in [0.25, 0.3) is 0 Å². The summed E-state index contributed by atoms with van der Waals surface area (Å²) >= 11 is 0. The highest BCUT2D eigenvalue weighted by Gasteiger charge is 2.27. The number of piperidine rings is 1. The minimum absolute atomic E-state index is 0.297. The van der Waals surface area contributed by atoms with E-state index in [1.54, 1.807) is 0 Å². The van der Waals surface area contributed by atoms with Crippen LogP contribution in [0.4, 0.5) is 5.82 Å². The number of para-hydroxylation sites is 2. The highest BCUT2D eigenvalue weighted by Crippen LogP contribution is 2.37.